The van der Waals surface area contributed by atoms with Crippen molar-refractivity contribution in [3.63, 3.8) is 0 Å². The molecule has 0 N–H and O–H groups in total. The Hall–Kier alpha value is -1.15. The number of methoxy groups -OCH3 is 1. The van der Waals surface area contributed by atoms with Crippen molar-refractivity contribution in [1.82, 2.24) is 9.21 Å². The highest BCUT2D eigenvalue weighted by atomic mass is 32.2. The molecule has 0 spiro atoms. The number of hydrogen-bond acceptors (Lipinski definition) is 5. The Morgan fingerprint density at radius 1 is 1.22 bits per heavy atom. The van der Waals surface area contributed by atoms with Crippen LogP contribution in [0.25, 0.3) is 0 Å². The number of benzene rings is 1. The van der Waals surface area contributed by atoms with Gasteiger partial charge in [0.05, 0.1) is 25.2 Å². The van der Waals surface area contributed by atoms with Crippen LogP contribution in [0.1, 0.15) is 11.1 Å². The molecule has 1 aliphatic heterocycles. The molecule has 23 heavy (non-hydrogen) atoms. The van der Waals surface area contributed by atoms with Crippen molar-refractivity contribution < 1.29 is 17.9 Å². The second-order valence-corrected chi connectivity index (χ2v) is 7.85. The number of ether oxygens (including phenoxy) is 2. The standard InChI is InChI=1S/C16H26N2O4S/c1-13-11-15(21-4)12-14(2)16(13)23(19,20)17(3)5-6-18-7-9-22-10-8-18/h11-12H,5-10H2,1-4H3. The Morgan fingerprint density at radius 2 is 1.78 bits per heavy atom. The lowest BCUT2D eigenvalue weighted by Crippen LogP contribution is -2.42. The van der Waals surface area contributed by atoms with E-state index in [1.807, 2.05) is 0 Å². The third-order valence-corrected chi connectivity index (χ3v) is 6.34. The molecular weight excluding hydrogens is 316 g/mol. The third kappa shape index (κ3) is 4.23. The van der Waals surface area contributed by atoms with Crippen molar-refractivity contribution in [1.29, 1.82) is 0 Å². The van der Waals surface area contributed by atoms with Gasteiger partial charge in [-0.3, -0.25) is 4.90 Å². The fourth-order valence-electron chi connectivity index (χ4n) is 2.82. The summed E-state index contributed by atoms with van der Waals surface area (Å²) in [7, 11) is -0.288. The van der Waals surface area contributed by atoms with E-state index in [9.17, 15) is 8.42 Å². The molecular formula is C16H26N2O4S. The molecule has 0 saturated carbocycles. The summed E-state index contributed by atoms with van der Waals surface area (Å²) in [6.45, 7) is 7.93. The van der Waals surface area contributed by atoms with Crippen LogP contribution in [-0.4, -0.2) is 71.2 Å². The number of likely N-dealkylation sites (N-methyl/N-ethyl adjacent to an activating group) is 1. The summed E-state index contributed by atoms with van der Waals surface area (Å²) in [5.74, 6) is 0.676. The van der Waals surface area contributed by atoms with Gasteiger partial charge in [-0.1, -0.05) is 0 Å². The van der Waals surface area contributed by atoms with Gasteiger partial charge in [0.25, 0.3) is 0 Å². The smallest absolute Gasteiger partial charge is 0.243 e. The van der Waals surface area contributed by atoms with Gasteiger partial charge in [0, 0.05) is 33.2 Å². The topological polar surface area (TPSA) is 59.1 Å². The lowest BCUT2D eigenvalue weighted by atomic mass is 10.1. The molecule has 0 aromatic heterocycles. The van der Waals surface area contributed by atoms with Gasteiger partial charge in [0.15, 0.2) is 0 Å². The number of sulfonamides is 1. The Labute approximate surface area is 139 Å². The first-order valence-corrected chi connectivity index (χ1v) is 9.22. The first-order chi connectivity index (χ1) is 10.9. The molecule has 1 saturated heterocycles. The van der Waals surface area contributed by atoms with Gasteiger partial charge in [-0.2, -0.15) is 4.31 Å². The number of hydrogen-bond donors (Lipinski definition) is 0. The van der Waals surface area contributed by atoms with Crippen molar-refractivity contribution >= 4 is 10.0 Å². The Kier molecular flexibility index (Phi) is 6.02. The number of aryl methyl sites for hydroxylation is 2. The molecule has 1 aliphatic rings. The van der Waals surface area contributed by atoms with E-state index in [0.29, 0.717) is 48.1 Å². The Bertz CT molecular complexity index is 616. The highest BCUT2D eigenvalue weighted by Gasteiger charge is 2.26. The first kappa shape index (κ1) is 18.2. The number of nitrogens with zero attached hydrogens (tertiary/aromatic N) is 2. The van der Waals surface area contributed by atoms with E-state index in [1.54, 1.807) is 40.1 Å². The summed E-state index contributed by atoms with van der Waals surface area (Å²) < 4.78 is 37.7. The Balaban J connectivity index is 2.13. The summed E-state index contributed by atoms with van der Waals surface area (Å²) in [5.41, 5.74) is 1.42. The van der Waals surface area contributed by atoms with Crippen LogP contribution in [0, 0.1) is 13.8 Å². The zero-order valence-electron chi connectivity index (χ0n) is 14.3. The van der Waals surface area contributed by atoms with Crippen LogP contribution in [0.3, 0.4) is 0 Å². The van der Waals surface area contributed by atoms with Gasteiger partial charge in [-0.15, -0.1) is 0 Å². The van der Waals surface area contributed by atoms with Crippen molar-refractivity contribution in [2.45, 2.75) is 18.7 Å². The lowest BCUT2D eigenvalue weighted by Gasteiger charge is -2.28. The molecule has 0 bridgehead atoms. The molecule has 0 atom stereocenters. The maximum Gasteiger partial charge on any atom is 0.243 e. The third-order valence-electron chi connectivity index (χ3n) is 4.17. The van der Waals surface area contributed by atoms with E-state index < -0.39 is 10.0 Å². The largest absolute Gasteiger partial charge is 0.497 e. The molecule has 1 heterocycles. The van der Waals surface area contributed by atoms with Crippen molar-refractivity contribution in [2.24, 2.45) is 0 Å². The fourth-order valence-corrected chi connectivity index (χ4v) is 4.38. The highest BCUT2D eigenvalue weighted by molar-refractivity contribution is 7.89. The average molecular weight is 342 g/mol. The van der Waals surface area contributed by atoms with Crippen molar-refractivity contribution in [2.75, 3.05) is 53.6 Å². The van der Waals surface area contributed by atoms with Crippen LogP contribution in [0.4, 0.5) is 0 Å². The Morgan fingerprint density at radius 3 is 2.30 bits per heavy atom. The molecule has 0 unspecified atom stereocenters. The van der Waals surface area contributed by atoms with Gasteiger partial charge in [-0.05, 0) is 37.1 Å². The molecule has 1 aromatic rings. The van der Waals surface area contributed by atoms with Crippen LogP contribution >= 0.6 is 0 Å². The van der Waals surface area contributed by atoms with E-state index in [2.05, 4.69) is 4.90 Å². The second kappa shape index (κ2) is 7.61. The monoisotopic (exact) mass is 342 g/mol. The van der Waals surface area contributed by atoms with E-state index in [1.165, 1.54) is 4.31 Å². The predicted molar refractivity (Wildman–Crippen MR) is 89.5 cm³/mol. The maximum absolute atomic E-state index is 12.9. The van der Waals surface area contributed by atoms with Gasteiger partial charge in [0.2, 0.25) is 10.0 Å². The van der Waals surface area contributed by atoms with Crippen LogP contribution in [-0.2, 0) is 14.8 Å². The summed E-state index contributed by atoms with van der Waals surface area (Å²) in [5, 5.41) is 0. The van der Waals surface area contributed by atoms with E-state index in [0.717, 1.165) is 13.1 Å². The summed E-state index contributed by atoms with van der Waals surface area (Å²) in [4.78, 5) is 2.60. The van der Waals surface area contributed by atoms with E-state index in [4.69, 9.17) is 9.47 Å². The van der Waals surface area contributed by atoms with Gasteiger partial charge in [0.1, 0.15) is 5.75 Å². The number of morpholine rings is 1. The molecule has 1 fully saturated rings. The maximum atomic E-state index is 12.9. The second-order valence-electron chi connectivity index (χ2n) is 5.87. The van der Waals surface area contributed by atoms with Gasteiger partial charge < -0.3 is 9.47 Å². The molecule has 0 aliphatic carbocycles. The minimum Gasteiger partial charge on any atom is -0.497 e. The van der Waals surface area contributed by atoms with Gasteiger partial charge >= 0.3 is 0 Å². The van der Waals surface area contributed by atoms with Crippen molar-refractivity contribution in [3.05, 3.63) is 23.3 Å². The molecule has 7 heteroatoms. The van der Waals surface area contributed by atoms with E-state index in [-0.39, 0.29) is 0 Å². The van der Waals surface area contributed by atoms with Crippen LogP contribution in [0.2, 0.25) is 0 Å². The normalized spacial score (nSPS) is 16.7. The summed E-state index contributed by atoms with van der Waals surface area (Å²) in [6, 6.07) is 3.52. The predicted octanol–water partition coefficient (Wildman–Crippen LogP) is 1.26. The van der Waals surface area contributed by atoms with E-state index >= 15 is 0 Å². The van der Waals surface area contributed by atoms with Gasteiger partial charge in [-0.25, -0.2) is 8.42 Å². The minimum absolute atomic E-state index is 0.378. The summed E-state index contributed by atoms with van der Waals surface area (Å²) in [6.07, 6.45) is 0. The first-order valence-electron chi connectivity index (χ1n) is 7.78. The van der Waals surface area contributed by atoms with Crippen LogP contribution < -0.4 is 4.74 Å². The van der Waals surface area contributed by atoms with Crippen LogP contribution in [0.5, 0.6) is 5.75 Å². The molecule has 0 amide bonds. The average Bonchev–Trinajstić information content (AvgIpc) is 2.52. The zero-order valence-corrected chi connectivity index (χ0v) is 15.1. The molecule has 6 nitrogen and oxygen atoms in total. The molecule has 1 aromatic carbocycles. The number of rotatable bonds is 6. The van der Waals surface area contributed by atoms with Crippen LogP contribution in [0.15, 0.2) is 17.0 Å². The fraction of sp³-hybridized carbons (Fsp3) is 0.625. The molecule has 2 rings (SSSR count). The molecule has 130 valence electrons. The SMILES string of the molecule is COc1cc(C)c(S(=O)(=O)N(C)CCN2CCOCC2)c(C)c1. The van der Waals surface area contributed by atoms with Crippen molar-refractivity contribution in [3.8, 4) is 5.75 Å². The quantitative estimate of drug-likeness (QED) is 0.779. The lowest BCUT2D eigenvalue weighted by molar-refractivity contribution is 0.0368. The highest BCUT2D eigenvalue weighted by Crippen LogP contribution is 2.27. The minimum atomic E-state index is -3.51. The molecule has 0 radical (unpaired) electrons. The summed E-state index contributed by atoms with van der Waals surface area (Å²) >= 11 is 0. The zero-order chi connectivity index (χ0) is 17.0.